The van der Waals surface area contributed by atoms with E-state index in [0.717, 1.165) is 11.1 Å². The zero-order chi connectivity index (χ0) is 19.2. The Bertz CT molecular complexity index is 781. The first-order valence-electron chi connectivity index (χ1n) is 8.99. The first-order valence-corrected chi connectivity index (χ1v) is 8.99. The predicted octanol–water partition coefficient (Wildman–Crippen LogP) is 1.49. The number of hydrogen-bond donors (Lipinski definition) is 1. The van der Waals surface area contributed by atoms with Crippen molar-refractivity contribution in [3.8, 4) is 11.5 Å². The summed E-state index contributed by atoms with van der Waals surface area (Å²) < 4.78 is 10.5. The number of hydrogen-bond acceptors (Lipinski definition) is 4. The molecular weight excluding hydrogens is 346 g/mol. The molecule has 0 unspecified atom stereocenters. The Balaban J connectivity index is 1.52. The topological polar surface area (TPSA) is 74.9 Å². The highest BCUT2D eigenvalue weighted by Gasteiger charge is 2.24. The molecule has 0 radical (unpaired) electrons. The standard InChI is InChI=1S/C20H25N3O4/c1-26-17-4-3-15(11-18(17)27-2)12-19(24)22-7-9-23(10-8-22)20(25)13-16-5-6-21-14-16/h3-6,11,14,21H,7-10,12-13H2,1-2H3. The Kier molecular flexibility index (Phi) is 6.01. The summed E-state index contributed by atoms with van der Waals surface area (Å²) in [5.74, 6) is 1.41. The lowest BCUT2D eigenvalue weighted by atomic mass is 10.1. The summed E-state index contributed by atoms with van der Waals surface area (Å²) in [7, 11) is 3.16. The van der Waals surface area contributed by atoms with E-state index < -0.39 is 0 Å². The summed E-state index contributed by atoms with van der Waals surface area (Å²) in [6, 6.07) is 7.41. The van der Waals surface area contributed by atoms with Crippen LogP contribution in [-0.2, 0) is 22.4 Å². The number of aromatic amines is 1. The number of rotatable bonds is 6. The summed E-state index contributed by atoms with van der Waals surface area (Å²) in [5.41, 5.74) is 1.86. The van der Waals surface area contributed by atoms with Crippen molar-refractivity contribution in [1.29, 1.82) is 0 Å². The fraction of sp³-hybridized carbons (Fsp3) is 0.400. The van der Waals surface area contributed by atoms with Gasteiger partial charge in [-0.15, -0.1) is 0 Å². The molecule has 1 aliphatic heterocycles. The summed E-state index contributed by atoms with van der Waals surface area (Å²) in [4.78, 5) is 31.5. The summed E-state index contributed by atoms with van der Waals surface area (Å²) in [6.07, 6.45) is 4.34. The zero-order valence-corrected chi connectivity index (χ0v) is 15.7. The Morgan fingerprint density at radius 2 is 1.48 bits per heavy atom. The quantitative estimate of drug-likeness (QED) is 0.835. The second-order valence-corrected chi connectivity index (χ2v) is 6.52. The van der Waals surface area contributed by atoms with Gasteiger partial charge in [0.05, 0.1) is 27.1 Å². The molecule has 0 aliphatic carbocycles. The molecule has 1 N–H and O–H groups in total. The molecule has 144 valence electrons. The number of carbonyl (C=O) groups excluding carboxylic acids is 2. The third-order valence-corrected chi connectivity index (χ3v) is 4.81. The van der Waals surface area contributed by atoms with E-state index in [1.54, 1.807) is 20.3 Å². The third-order valence-electron chi connectivity index (χ3n) is 4.81. The molecule has 27 heavy (non-hydrogen) atoms. The van der Waals surface area contributed by atoms with Crippen LogP contribution >= 0.6 is 0 Å². The minimum atomic E-state index is 0.0555. The lowest BCUT2D eigenvalue weighted by molar-refractivity contribution is -0.138. The molecule has 0 spiro atoms. The van der Waals surface area contributed by atoms with E-state index in [1.807, 2.05) is 40.4 Å². The monoisotopic (exact) mass is 371 g/mol. The molecule has 2 aromatic rings. The molecule has 7 heteroatoms. The Hall–Kier alpha value is -2.96. The highest BCUT2D eigenvalue weighted by molar-refractivity contribution is 5.81. The van der Waals surface area contributed by atoms with E-state index in [0.29, 0.717) is 50.5 Å². The van der Waals surface area contributed by atoms with Crippen LogP contribution in [0.5, 0.6) is 11.5 Å². The molecular formula is C20H25N3O4. The molecule has 0 saturated carbocycles. The number of methoxy groups -OCH3 is 2. The normalized spacial score (nSPS) is 14.1. The number of ether oxygens (including phenoxy) is 2. The van der Waals surface area contributed by atoms with Gasteiger partial charge < -0.3 is 24.3 Å². The van der Waals surface area contributed by atoms with Gasteiger partial charge in [0.1, 0.15) is 0 Å². The van der Waals surface area contributed by atoms with Gasteiger partial charge in [-0.2, -0.15) is 0 Å². The van der Waals surface area contributed by atoms with E-state index in [2.05, 4.69) is 4.98 Å². The molecule has 1 aromatic heterocycles. The van der Waals surface area contributed by atoms with E-state index in [9.17, 15) is 9.59 Å². The SMILES string of the molecule is COc1ccc(CC(=O)N2CCN(C(=O)Cc3cc[nH]c3)CC2)cc1OC. The largest absolute Gasteiger partial charge is 0.493 e. The summed E-state index contributed by atoms with van der Waals surface area (Å²) in [5, 5.41) is 0. The van der Waals surface area contributed by atoms with Crippen LogP contribution in [0.25, 0.3) is 0 Å². The minimum Gasteiger partial charge on any atom is -0.493 e. The van der Waals surface area contributed by atoms with Gasteiger partial charge >= 0.3 is 0 Å². The first kappa shape index (κ1) is 18.8. The van der Waals surface area contributed by atoms with Crippen molar-refractivity contribution >= 4 is 11.8 Å². The molecule has 0 atom stereocenters. The number of benzene rings is 1. The molecule has 0 bridgehead atoms. The molecule has 3 rings (SSSR count). The van der Waals surface area contributed by atoms with Gasteiger partial charge in [-0.1, -0.05) is 6.07 Å². The van der Waals surface area contributed by atoms with Gasteiger partial charge in [0, 0.05) is 38.6 Å². The summed E-state index contributed by atoms with van der Waals surface area (Å²) in [6.45, 7) is 2.26. The van der Waals surface area contributed by atoms with Gasteiger partial charge in [-0.05, 0) is 29.3 Å². The van der Waals surface area contributed by atoms with Gasteiger partial charge in [-0.3, -0.25) is 9.59 Å². The van der Waals surface area contributed by atoms with Crippen LogP contribution in [0.15, 0.2) is 36.7 Å². The van der Waals surface area contributed by atoms with Gasteiger partial charge in [0.25, 0.3) is 0 Å². The van der Waals surface area contributed by atoms with E-state index >= 15 is 0 Å². The van der Waals surface area contributed by atoms with Crippen LogP contribution in [0.2, 0.25) is 0 Å². The number of amides is 2. The second-order valence-electron chi connectivity index (χ2n) is 6.52. The number of carbonyl (C=O) groups is 2. The Morgan fingerprint density at radius 1 is 0.889 bits per heavy atom. The van der Waals surface area contributed by atoms with Crippen LogP contribution in [0.1, 0.15) is 11.1 Å². The fourth-order valence-corrected chi connectivity index (χ4v) is 3.24. The minimum absolute atomic E-state index is 0.0555. The van der Waals surface area contributed by atoms with Gasteiger partial charge in [0.15, 0.2) is 11.5 Å². The van der Waals surface area contributed by atoms with Crippen LogP contribution in [0.4, 0.5) is 0 Å². The van der Waals surface area contributed by atoms with Crippen LogP contribution in [-0.4, -0.2) is 67.0 Å². The maximum atomic E-state index is 12.6. The highest BCUT2D eigenvalue weighted by atomic mass is 16.5. The van der Waals surface area contributed by atoms with Crippen molar-refractivity contribution in [3.05, 3.63) is 47.8 Å². The van der Waals surface area contributed by atoms with Gasteiger partial charge in [0.2, 0.25) is 11.8 Å². The van der Waals surface area contributed by atoms with Crippen molar-refractivity contribution in [1.82, 2.24) is 14.8 Å². The number of nitrogens with one attached hydrogen (secondary N) is 1. The zero-order valence-electron chi connectivity index (χ0n) is 15.7. The van der Waals surface area contributed by atoms with E-state index in [-0.39, 0.29) is 11.8 Å². The summed E-state index contributed by atoms with van der Waals surface area (Å²) >= 11 is 0. The van der Waals surface area contributed by atoms with Crippen molar-refractivity contribution < 1.29 is 19.1 Å². The molecule has 2 heterocycles. The molecule has 7 nitrogen and oxygen atoms in total. The molecule has 1 saturated heterocycles. The Labute approximate surface area is 158 Å². The average Bonchev–Trinajstić information content (AvgIpc) is 3.21. The van der Waals surface area contributed by atoms with Crippen LogP contribution in [0.3, 0.4) is 0 Å². The fourth-order valence-electron chi connectivity index (χ4n) is 3.24. The van der Waals surface area contributed by atoms with E-state index in [1.165, 1.54) is 0 Å². The number of H-pyrrole nitrogens is 1. The first-order chi connectivity index (χ1) is 13.1. The van der Waals surface area contributed by atoms with Crippen LogP contribution in [0, 0.1) is 0 Å². The molecule has 1 aliphatic rings. The maximum absolute atomic E-state index is 12.6. The number of nitrogens with zero attached hydrogens (tertiary/aromatic N) is 2. The maximum Gasteiger partial charge on any atom is 0.227 e. The third kappa shape index (κ3) is 4.61. The second kappa shape index (κ2) is 8.62. The Morgan fingerprint density at radius 3 is 2.00 bits per heavy atom. The number of piperazine rings is 1. The molecule has 1 aromatic carbocycles. The van der Waals surface area contributed by atoms with Crippen molar-refractivity contribution in [3.63, 3.8) is 0 Å². The van der Waals surface area contributed by atoms with E-state index in [4.69, 9.17) is 9.47 Å². The molecule has 2 amide bonds. The number of aromatic nitrogens is 1. The molecule has 1 fully saturated rings. The smallest absolute Gasteiger partial charge is 0.227 e. The average molecular weight is 371 g/mol. The predicted molar refractivity (Wildman–Crippen MR) is 101 cm³/mol. The highest BCUT2D eigenvalue weighted by Crippen LogP contribution is 2.27. The van der Waals surface area contributed by atoms with Gasteiger partial charge in [-0.25, -0.2) is 0 Å². The van der Waals surface area contributed by atoms with Crippen molar-refractivity contribution in [2.75, 3.05) is 40.4 Å². The van der Waals surface area contributed by atoms with Crippen LogP contribution < -0.4 is 9.47 Å². The lowest BCUT2D eigenvalue weighted by Gasteiger charge is -2.35. The van der Waals surface area contributed by atoms with Crippen molar-refractivity contribution in [2.24, 2.45) is 0 Å². The lowest BCUT2D eigenvalue weighted by Crippen LogP contribution is -2.51. The van der Waals surface area contributed by atoms with Crippen molar-refractivity contribution in [2.45, 2.75) is 12.8 Å².